The molecule has 5 unspecified atom stereocenters. The van der Waals surface area contributed by atoms with Gasteiger partial charge < -0.3 is 24.4 Å². The van der Waals surface area contributed by atoms with Gasteiger partial charge in [0, 0.05) is 7.11 Å². The van der Waals surface area contributed by atoms with Crippen molar-refractivity contribution in [3.8, 4) is 0 Å². The molecule has 2 heterocycles. The number of epoxide rings is 1. The van der Waals surface area contributed by atoms with E-state index in [-0.39, 0.29) is 25.1 Å². The van der Waals surface area contributed by atoms with Crippen molar-refractivity contribution >= 4 is 0 Å². The molecule has 0 radical (unpaired) electrons. The van der Waals surface area contributed by atoms with Gasteiger partial charge in [0.25, 0.3) is 0 Å². The van der Waals surface area contributed by atoms with Crippen LogP contribution in [0.4, 0.5) is 0 Å². The molecule has 0 aromatic heterocycles. The summed E-state index contributed by atoms with van der Waals surface area (Å²) in [5.41, 5.74) is 0. The van der Waals surface area contributed by atoms with Crippen LogP contribution in [0.5, 0.6) is 0 Å². The second-order valence-electron chi connectivity index (χ2n) is 3.02. The van der Waals surface area contributed by atoms with E-state index in [0.717, 1.165) is 0 Å². The molecule has 5 nitrogen and oxygen atoms in total. The molecule has 5 heteroatoms. The highest BCUT2D eigenvalue weighted by atomic mass is 16.8. The van der Waals surface area contributed by atoms with Gasteiger partial charge in [-0.1, -0.05) is 0 Å². The minimum absolute atomic E-state index is 0.159. The van der Waals surface area contributed by atoms with Crippen molar-refractivity contribution < 1.29 is 24.4 Å². The summed E-state index contributed by atoms with van der Waals surface area (Å²) in [6, 6.07) is 0. The zero-order valence-electron chi connectivity index (χ0n) is 6.71. The second-order valence-corrected chi connectivity index (χ2v) is 3.02. The van der Waals surface area contributed by atoms with E-state index in [9.17, 15) is 5.11 Å². The summed E-state index contributed by atoms with van der Waals surface area (Å²) in [5.74, 6) is 0. The molecule has 2 aliphatic heterocycles. The van der Waals surface area contributed by atoms with E-state index in [0.29, 0.717) is 0 Å². The first-order valence-corrected chi connectivity index (χ1v) is 3.90. The largest absolute Gasteiger partial charge is 0.394 e. The molecular formula is C7H12O5. The maximum Gasteiger partial charge on any atom is 0.187 e. The minimum Gasteiger partial charge on any atom is -0.394 e. The first-order valence-electron chi connectivity index (χ1n) is 3.90. The third kappa shape index (κ3) is 1.14. The van der Waals surface area contributed by atoms with E-state index < -0.39 is 12.2 Å². The summed E-state index contributed by atoms with van der Waals surface area (Å²) in [7, 11) is 1.51. The van der Waals surface area contributed by atoms with E-state index in [1.807, 2.05) is 0 Å². The predicted molar refractivity (Wildman–Crippen MR) is 37.4 cm³/mol. The molecule has 70 valence electrons. The predicted octanol–water partition coefficient (Wildman–Crippen LogP) is -1.52. The molecule has 5 atom stereocenters. The Labute approximate surface area is 69.8 Å². The Morgan fingerprint density at radius 2 is 2.17 bits per heavy atom. The summed E-state index contributed by atoms with van der Waals surface area (Å²) in [6.45, 7) is -0.215. The lowest BCUT2D eigenvalue weighted by Gasteiger charge is -2.29. The lowest BCUT2D eigenvalue weighted by molar-refractivity contribution is -0.152. The summed E-state index contributed by atoms with van der Waals surface area (Å²) in [5, 5.41) is 18.4. The lowest BCUT2D eigenvalue weighted by atomic mass is 10.0. The molecular weight excluding hydrogens is 164 g/mol. The summed E-state index contributed by atoms with van der Waals surface area (Å²) >= 11 is 0. The zero-order chi connectivity index (χ0) is 8.72. The van der Waals surface area contributed by atoms with E-state index in [4.69, 9.17) is 19.3 Å². The Morgan fingerprint density at radius 1 is 1.42 bits per heavy atom. The number of rotatable bonds is 2. The van der Waals surface area contributed by atoms with Crippen LogP contribution in [-0.4, -0.2) is 54.6 Å². The number of methoxy groups -OCH3 is 1. The molecule has 2 aliphatic rings. The topological polar surface area (TPSA) is 71.5 Å². The smallest absolute Gasteiger partial charge is 0.187 e. The van der Waals surface area contributed by atoms with Gasteiger partial charge >= 0.3 is 0 Å². The Morgan fingerprint density at radius 3 is 2.75 bits per heavy atom. The second kappa shape index (κ2) is 2.93. The number of hydrogen-bond acceptors (Lipinski definition) is 5. The van der Waals surface area contributed by atoms with Crippen molar-refractivity contribution in [1.82, 2.24) is 0 Å². The lowest BCUT2D eigenvalue weighted by Crippen LogP contribution is -2.49. The maximum atomic E-state index is 9.54. The Kier molecular flexibility index (Phi) is 2.05. The fourth-order valence-corrected chi connectivity index (χ4v) is 1.53. The van der Waals surface area contributed by atoms with Gasteiger partial charge in [-0.05, 0) is 0 Å². The summed E-state index contributed by atoms with van der Waals surface area (Å²) < 4.78 is 15.2. The SMILES string of the molecule is COC1C(O)C(CO)OC2OC21. The first kappa shape index (κ1) is 8.40. The number of aliphatic hydroxyl groups excluding tert-OH is 2. The average molecular weight is 176 g/mol. The van der Waals surface area contributed by atoms with Crippen LogP contribution in [0.15, 0.2) is 0 Å². The van der Waals surface area contributed by atoms with Crippen LogP contribution in [0.2, 0.25) is 0 Å². The highest BCUT2D eigenvalue weighted by Crippen LogP contribution is 2.36. The molecule has 2 fully saturated rings. The molecule has 2 rings (SSSR count). The Hall–Kier alpha value is -0.200. The van der Waals surface area contributed by atoms with Crippen molar-refractivity contribution in [2.45, 2.75) is 30.7 Å². The monoisotopic (exact) mass is 176 g/mol. The summed E-state index contributed by atoms with van der Waals surface area (Å²) in [4.78, 5) is 0. The standard InChI is InChI=1S/C7H12O5/c1-10-5-4(9)3(2-8)11-7-6(5)12-7/h3-9H,2H2,1H3. The number of fused-ring (bicyclic) bond motifs is 1. The summed E-state index contributed by atoms with van der Waals surface area (Å²) in [6.07, 6.45) is -2.22. The normalized spacial score (nSPS) is 51.8. The van der Waals surface area contributed by atoms with E-state index in [1.54, 1.807) is 0 Å². The van der Waals surface area contributed by atoms with Crippen molar-refractivity contribution in [2.24, 2.45) is 0 Å². The van der Waals surface area contributed by atoms with E-state index in [1.165, 1.54) is 7.11 Å². The first-order chi connectivity index (χ1) is 5.77. The molecule has 0 bridgehead atoms. The van der Waals surface area contributed by atoms with Gasteiger partial charge in [0.15, 0.2) is 6.29 Å². The molecule has 0 saturated carbocycles. The zero-order valence-corrected chi connectivity index (χ0v) is 6.71. The van der Waals surface area contributed by atoms with Crippen molar-refractivity contribution in [3.05, 3.63) is 0 Å². The number of aliphatic hydroxyl groups is 2. The fraction of sp³-hybridized carbons (Fsp3) is 1.00. The molecule has 0 aromatic rings. The molecule has 0 amide bonds. The van der Waals surface area contributed by atoms with Gasteiger partial charge in [-0.25, -0.2) is 0 Å². The van der Waals surface area contributed by atoms with E-state index >= 15 is 0 Å². The quantitative estimate of drug-likeness (QED) is 0.500. The van der Waals surface area contributed by atoms with Crippen molar-refractivity contribution in [2.75, 3.05) is 13.7 Å². The van der Waals surface area contributed by atoms with Crippen LogP contribution in [0.25, 0.3) is 0 Å². The van der Waals surface area contributed by atoms with Gasteiger partial charge in [-0.15, -0.1) is 0 Å². The number of ether oxygens (including phenoxy) is 3. The molecule has 0 aromatic carbocycles. The van der Waals surface area contributed by atoms with Gasteiger partial charge in [0.2, 0.25) is 0 Å². The molecule has 0 spiro atoms. The van der Waals surface area contributed by atoms with Crippen LogP contribution in [0.1, 0.15) is 0 Å². The van der Waals surface area contributed by atoms with Crippen LogP contribution < -0.4 is 0 Å². The molecule has 2 N–H and O–H groups in total. The van der Waals surface area contributed by atoms with Crippen LogP contribution in [-0.2, 0) is 14.2 Å². The maximum absolute atomic E-state index is 9.54. The Bertz CT molecular complexity index is 173. The van der Waals surface area contributed by atoms with Gasteiger partial charge in [-0.3, -0.25) is 0 Å². The highest BCUT2D eigenvalue weighted by molar-refractivity contribution is 4.98. The van der Waals surface area contributed by atoms with Crippen LogP contribution in [0, 0.1) is 0 Å². The molecule has 12 heavy (non-hydrogen) atoms. The van der Waals surface area contributed by atoms with Crippen LogP contribution in [0.3, 0.4) is 0 Å². The van der Waals surface area contributed by atoms with Gasteiger partial charge in [0.05, 0.1) is 6.61 Å². The highest BCUT2D eigenvalue weighted by Gasteiger charge is 2.56. The third-order valence-electron chi connectivity index (χ3n) is 2.29. The molecule has 2 saturated heterocycles. The minimum atomic E-state index is -0.802. The van der Waals surface area contributed by atoms with Crippen LogP contribution >= 0.6 is 0 Å². The third-order valence-corrected chi connectivity index (χ3v) is 2.29. The van der Waals surface area contributed by atoms with Gasteiger partial charge in [0.1, 0.15) is 24.4 Å². The average Bonchev–Trinajstić information content (AvgIpc) is 2.82. The van der Waals surface area contributed by atoms with E-state index in [2.05, 4.69) is 0 Å². The number of hydrogen-bond donors (Lipinski definition) is 2. The van der Waals surface area contributed by atoms with Gasteiger partial charge in [-0.2, -0.15) is 0 Å². The van der Waals surface area contributed by atoms with Crippen molar-refractivity contribution in [1.29, 1.82) is 0 Å². The Balaban J connectivity index is 2.03. The fourth-order valence-electron chi connectivity index (χ4n) is 1.53. The molecule has 0 aliphatic carbocycles. The van der Waals surface area contributed by atoms with Crippen molar-refractivity contribution in [3.63, 3.8) is 0 Å².